The number of piperazine rings is 1. The molecule has 142 valence electrons. The molecular weight excluding hydrogens is 385 g/mol. The van der Waals surface area contributed by atoms with Crippen LogP contribution in [0.25, 0.3) is 0 Å². The number of anilines is 1. The quantitative estimate of drug-likeness (QED) is 0.769. The fourth-order valence-electron chi connectivity index (χ4n) is 3.37. The number of benzene rings is 1. The van der Waals surface area contributed by atoms with Crippen molar-refractivity contribution >= 4 is 40.8 Å². The maximum Gasteiger partial charge on any atom is 0.251 e. The van der Waals surface area contributed by atoms with Crippen molar-refractivity contribution in [2.24, 2.45) is 5.92 Å². The fourth-order valence-corrected chi connectivity index (χ4v) is 3.70. The minimum atomic E-state index is -0.557. The Morgan fingerprint density at radius 2 is 1.81 bits per heavy atom. The molecule has 2 amide bonds. The minimum absolute atomic E-state index is 0.0366. The second-order valence-corrected chi connectivity index (χ2v) is 7.93. The molecule has 1 fully saturated rings. The summed E-state index contributed by atoms with van der Waals surface area (Å²) in [6.45, 7) is 6.04. The highest BCUT2D eigenvalue weighted by molar-refractivity contribution is 6.30. The summed E-state index contributed by atoms with van der Waals surface area (Å²) in [6, 6.07) is 8.49. The van der Waals surface area contributed by atoms with Crippen LogP contribution >= 0.6 is 23.2 Å². The number of amides is 2. The highest BCUT2D eigenvalue weighted by atomic mass is 35.5. The van der Waals surface area contributed by atoms with Gasteiger partial charge in [0.15, 0.2) is 0 Å². The van der Waals surface area contributed by atoms with Gasteiger partial charge in [-0.05, 0) is 42.2 Å². The number of hydrogen-bond acceptors (Lipinski definition) is 3. The number of halogens is 2. The number of nitrogens with zero attached hydrogens (tertiary/aromatic N) is 3. The van der Waals surface area contributed by atoms with Crippen LogP contribution in [0.15, 0.2) is 36.5 Å². The van der Waals surface area contributed by atoms with Gasteiger partial charge in [0.25, 0.3) is 5.91 Å². The molecule has 1 aromatic carbocycles. The Labute approximate surface area is 168 Å². The maximum absolute atomic E-state index is 13.2. The normalized spacial score (nSPS) is 17.8. The molecule has 1 saturated heterocycles. The lowest BCUT2D eigenvalue weighted by Crippen LogP contribution is -2.61. The van der Waals surface area contributed by atoms with Crippen molar-refractivity contribution < 1.29 is 9.59 Å². The summed E-state index contributed by atoms with van der Waals surface area (Å²) in [6.07, 6.45) is 1.49. The van der Waals surface area contributed by atoms with Gasteiger partial charge in [-0.2, -0.15) is 0 Å². The van der Waals surface area contributed by atoms with E-state index in [1.807, 2.05) is 32.9 Å². The molecule has 1 atom stereocenters. The summed E-state index contributed by atoms with van der Waals surface area (Å²) in [5.41, 5.74) is 1.69. The van der Waals surface area contributed by atoms with Crippen molar-refractivity contribution in [2.45, 2.75) is 33.4 Å². The third-order valence-electron chi connectivity index (χ3n) is 4.64. The molecule has 1 aliphatic rings. The summed E-state index contributed by atoms with van der Waals surface area (Å²) >= 11 is 11.9. The first kappa shape index (κ1) is 19.6. The third kappa shape index (κ3) is 4.09. The number of carbonyl (C=O) groups excluding carboxylic acids is 2. The number of hydrogen-bond donors (Lipinski definition) is 0. The zero-order chi connectivity index (χ0) is 19.7. The Hall–Kier alpha value is -2.11. The molecule has 1 aromatic heterocycles. The lowest BCUT2D eigenvalue weighted by molar-refractivity contribution is -0.145. The molecule has 27 heavy (non-hydrogen) atoms. The molecule has 0 unspecified atom stereocenters. The van der Waals surface area contributed by atoms with Crippen LogP contribution in [-0.2, 0) is 16.1 Å². The number of rotatable bonds is 4. The maximum atomic E-state index is 13.2. The second kappa shape index (κ2) is 7.87. The van der Waals surface area contributed by atoms with Gasteiger partial charge in [-0.25, -0.2) is 4.98 Å². The number of pyridine rings is 1. The Kier molecular flexibility index (Phi) is 5.72. The van der Waals surface area contributed by atoms with Crippen LogP contribution in [0.2, 0.25) is 10.0 Å². The first-order valence-electron chi connectivity index (χ1n) is 8.75. The van der Waals surface area contributed by atoms with Gasteiger partial charge < -0.3 is 4.90 Å². The fraction of sp³-hybridized carbons (Fsp3) is 0.350. The molecule has 0 spiro atoms. The first-order chi connectivity index (χ1) is 12.8. The second-order valence-electron chi connectivity index (χ2n) is 7.06. The highest BCUT2D eigenvalue weighted by Gasteiger charge is 2.42. The monoisotopic (exact) mass is 405 g/mol. The average Bonchev–Trinajstić information content (AvgIpc) is 2.60. The van der Waals surface area contributed by atoms with Crippen LogP contribution in [0.1, 0.15) is 25.0 Å². The number of aromatic nitrogens is 1. The van der Waals surface area contributed by atoms with E-state index < -0.39 is 6.04 Å². The molecule has 0 radical (unpaired) electrons. The van der Waals surface area contributed by atoms with Gasteiger partial charge in [0.2, 0.25) is 5.91 Å². The predicted octanol–water partition coefficient (Wildman–Crippen LogP) is 4.10. The summed E-state index contributed by atoms with van der Waals surface area (Å²) in [5, 5.41) is 1.13. The van der Waals surface area contributed by atoms with Gasteiger partial charge in [0, 0.05) is 17.8 Å². The molecule has 2 aromatic rings. The molecule has 5 nitrogen and oxygen atoms in total. The molecule has 0 aliphatic carbocycles. The zero-order valence-corrected chi connectivity index (χ0v) is 17.0. The van der Waals surface area contributed by atoms with E-state index >= 15 is 0 Å². The number of carbonyl (C=O) groups is 2. The van der Waals surface area contributed by atoms with Crippen LogP contribution < -0.4 is 4.90 Å². The average molecular weight is 406 g/mol. The lowest BCUT2D eigenvalue weighted by Gasteiger charge is -2.42. The Morgan fingerprint density at radius 1 is 1.15 bits per heavy atom. The van der Waals surface area contributed by atoms with Crippen LogP contribution in [0.5, 0.6) is 0 Å². The van der Waals surface area contributed by atoms with Crippen LogP contribution in [0, 0.1) is 12.8 Å². The molecule has 1 aliphatic heterocycles. The van der Waals surface area contributed by atoms with Crippen molar-refractivity contribution in [3.05, 3.63) is 57.7 Å². The van der Waals surface area contributed by atoms with Gasteiger partial charge in [-0.1, -0.05) is 49.2 Å². The van der Waals surface area contributed by atoms with Gasteiger partial charge in [0.05, 0.1) is 5.02 Å². The zero-order valence-electron chi connectivity index (χ0n) is 15.4. The van der Waals surface area contributed by atoms with Crippen LogP contribution in [-0.4, -0.2) is 34.3 Å². The third-order valence-corrected chi connectivity index (χ3v) is 5.10. The molecule has 0 bridgehead atoms. The molecule has 0 saturated carbocycles. The van der Waals surface area contributed by atoms with Gasteiger partial charge in [-0.15, -0.1) is 0 Å². The van der Waals surface area contributed by atoms with Gasteiger partial charge in [-0.3, -0.25) is 14.5 Å². The highest BCUT2D eigenvalue weighted by Crippen LogP contribution is 2.28. The van der Waals surface area contributed by atoms with Crippen molar-refractivity contribution in [1.82, 2.24) is 9.88 Å². The molecule has 0 N–H and O–H groups in total. The van der Waals surface area contributed by atoms with Crippen molar-refractivity contribution in [2.75, 3.05) is 11.4 Å². The van der Waals surface area contributed by atoms with Crippen molar-refractivity contribution in [3.8, 4) is 0 Å². The van der Waals surface area contributed by atoms with E-state index in [9.17, 15) is 9.59 Å². The first-order valence-corrected chi connectivity index (χ1v) is 9.51. The van der Waals surface area contributed by atoms with E-state index in [4.69, 9.17) is 23.2 Å². The molecular formula is C20H21Cl2N3O2. The van der Waals surface area contributed by atoms with E-state index in [0.29, 0.717) is 22.4 Å². The molecule has 2 heterocycles. The minimum Gasteiger partial charge on any atom is -0.325 e. The van der Waals surface area contributed by atoms with E-state index in [1.165, 1.54) is 11.1 Å². The van der Waals surface area contributed by atoms with Gasteiger partial charge in [0.1, 0.15) is 18.4 Å². The number of aryl methyl sites for hydroxylation is 1. The largest absolute Gasteiger partial charge is 0.325 e. The molecule has 7 heteroatoms. The Morgan fingerprint density at radius 3 is 2.41 bits per heavy atom. The van der Waals surface area contributed by atoms with E-state index in [-0.39, 0.29) is 24.3 Å². The Balaban J connectivity index is 1.92. The predicted molar refractivity (Wildman–Crippen MR) is 107 cm³/mol. The summed E-state index contributed by atoms with van der Waals surface area (Å²) in [5.74, 6) is 0.203. The topological polar surface area (TPSA) is 53.5 Å². The van der Waals surface area contributed by atoms with Gasteiger partial charge >= 0.3 is 0 Å². The van der Waals surface area contributed by atoms with E-state index in [2.05, 4.69) is 4.98 Å². The smallest absolute Gasteiger partial charge is 0.251 e. The molecule has 3 rings (SSSR count). The van der Waals surface area contributed by atoms with E-state index in [0.717, 1.165) is 11.1 Å². The van der Waals surface area contributed by atoms with Crippen molar-refractivity contribution in [3.63, 3.8) is 0 Å². The lowest BCUT2D eigenvalue weighted by atomic mass is 9.97. The SMILES string of the molecule is Cc1cc(Cl)cnc1N1CC(=O)N(Cc2ccc(Cl)cc2)[C@@H](C(C)C)C1=O. The summed E-state index contributed by atoms with van der Waals surface area (Å²) in [4.78, 5) is 33.6. The van der Waals surface area contributed by atoms with Crippen molar-refractivity contribution in [1.29, 1.82) is 0 Å². The Bertz CT molecular complexity index is 868. The standard InChI is InChI=1S/C20H21Cl2N3O2/c1-12(2)18-20(27)25(19-13(3)8-16(22)9-23-19)11-17(26)24(18)10-14-4-6-15(21)7-5-14/h4-9,12,18H,10-11H2,1-3H3/t18-/m0/s1. The van der Waals surface area contributed by atoms with Crippen LogP contribution in [0.3, 0.4) is 0 Å². The van der Waals surface area contributed by atoms with E-state index in [1.54, 1.807) is 23.1 Å². The summed E-state index contributed by atoms with van der Waals surface area (Å²) in [7, 11) is 0. The van der Waals surface area contributed by atoms with Crippen LogP contribution in [0.4, 0.5) is 5.82 Å². The summed E-state index contributed by atoms with van der Waals surface area (Å²) < 4.78 is 0.